The number of carbonyl (C=O) groups excluding carboxylic acids is 3. The molecule has 1 aromatic heterocycles. The third kappa shape index (κ3) is 3.89. The first-order valence-electron chi connectivity index (χ1n) is 11.7. The number of Topliss-reactive ketones (excluding diaryl/α,β-unsaturated/α-hetero) is 1. The van der Waals surface area contributed by atoms with E-state index in [1.165, 1.54) is 23.0 Å². The number of halogens is 1. The van der Waals surface area contributed by atoms with Gasteiger partial charge in [-0.25, -0.2) is 4.39 Å². The predicted molar refractivity (Wildman–Crippen MR) is 127 cm³/mol. The quantitative estimate of drug-likeness (QED) is 0.586. The number of hydrogen-bond acceptors (Lipinski definition) is 3. The summed E-state index contributed by atoms with van der Waals surface area (Å²) in [6.45, 7) is 3.40. The Balaban J connectivity index is 1.34. The smallest absolute Gasteiger partial charge is 0.243 e. The van der Waals surface area contributed by atoms with E-state index in [1.807, 2.05) is 36.4 Å². The van der Waals surface area contributed by atoms with Crippen LogP contribution in [0.5, 0.6) is 0 Å². The summed E-state index contributed by atoms with van der Waals surface area (Å²) in [5.74, 6) is -0.731. The largest absolute Gasteiger partial charge is 0.347 e. The van der Waals surface area contributed by atoms with E-state index in [1.54, 1.807) is 10.8 Å². The van der Waals surface area contributed by atoms with Crippen molar-refractivity contribution in [1.82, 2.24) is 14.8 Å². The lowest BCUT2D eigenvalue weighted by molar-refractivity contribution is -0.139. The van der Waals surface area contributed by atoms with Gasteiger partial charge in [0.1, 0.15) is 18.8 Å². The minimum absolute atomic E-state index is 0.00388. The van der Waals surface area contributed by atoms with Crippen LogP contribution < -0.4 is 5.32 Å². The molecule has 1 aliphatic carbocycles. The van der Waals surface area contributed by atoms with Crippen LogP contribution in [0.2, 0.25) is 0 Å². The number of ketones is 1. The van der Waals surface area contributed by atoms with Crippen LogP contribution in [0.4, 0.5) is 4.39 Å². The fourth-order valence-electron chi connectivity index (χ4n) is 5.46. The van der Waals surface area contributed by atoms with E-state index >= 15 is 0 Å². The maximum atomic E-state index is 14.4. The normalized spacial score (nSPS) is 21.6. The number of aromatic nitrogens is 1. The minimum atomic E-state index is -1.24. The molecule has 1 unspecified atom stereocenters. The van der Waals surface area contributed by atoms with Gasteiger partial charge in [-0.1, -0.05) is 36.4 Å². The molecule has 0 radical (unpaired) electrons. The molecule has 1 saturated heterocycles. The monoisotopic (exact) mass is 461 g/mol. The number of aryl methyl sites for hydroxylation is 1. The number of rotatable bonds is 5. The van der Waals surface area contributed by atoms with Gasteiger partial charge < -0.3 is 14.8 Å². The molecule has 0 bridgehead atoms. The predicted octanol–water partition coefficient (Wildman–Crippen LogP) is 3.90. The fourth-order valence-corrected chi connectivity index (χ4v) is 5.46. The molecular formula is C27H28FN3O3. The van der Waals surface area contributed by atoms with Crippen LogP contribution in [-0.2, 0) is 22.6 Å². The van der Waals surface area contributed by atoms with Crippen molar-refractivity contribution in [2.75, 3.05) is 6.54 Å². The van der Waals surface area contributed by atoms with E-state index in [-0.39, 0.29) is 43.1 Å². The fraction of sp³-hybridized carbons (Fsp3) is 0.370. The molecule has 1 N–H and O–H groups in total. The van der Waals surface area contributed by atoms with Crippen LogP contribution in [0.15, 0.2) is 48.7 Å². The number of nitrogens with one attached hydrogen (secondary N) is 1. The second-order valence-corrected chi connectivity index (χ2v) is 9.38. The number of amides is 2. The third-order valence-electron chi connectivity index (χ3n) is 7.17. The summed E-state index contributed by atoms with van der Waals surface area (Å²) in [6.07, 6.45) is 2.11. The molecule has 0 spiro atoms. The molecule has 2 heterocycles. The summed E-state index contributed by atoms with van der Waals surface area (Å²) >= 11 is 0. The van der Waals surface area contributed by atoms with Crippen molar-refractivity contribution in [2.45, 2.75) is 57.9 Å². The van der Waals surface area contributed by atoms with Crippen molar-refractivity contribution in [3.63, 3.8) is 0 Å². The maximum Gasteiger partial charge on any atom is 0.243 e. The Morgan fingerprint density at radius 1 is 1.12 bits per heavy atom. The molecule has 2 aromatic carbocycles. The van der Waals surface area contributed by atoms with Gasteiger partial charge in [0, 0.05) is 29.1 Å². The van der Waals surface area contributed by atoms with E-state index in [0.29, 0.717) is 5.56 Å². The Morgan fingerprint density at radius 2 is 1.91 bits per heavy atom. The van der Waals surface area contributed by atoms with Crippen molar-refractivity contribution in [3.8, 4) is 0 Å². The topological polar surface area (TPSA) is 71.4 Å². The summed E-state index contributed by atoms with van der Waals surface area (Å²) in [4.78, 5) is 39.9. The second-order valence-electron chi connectivity index (χ2n) is 9.38. The van der Waals surface area contributed by atoms with Crippen LogP contribution >= 0.6 is 0 Å². The van der Waals surface area contributed by atoms with Crippen LogP contribution in [0.3, 0.4) is 0 Å². The summed E-state index contributed by atoms with van der Waals surface area (Å²) < 4.78 is 16.1. The van der Waals surface area contributed by atoms with Crippen LogP contribution in [0, 0.1) is 6.92 Å². The van der Waals surface area contributed by atoms with Gasteiger partial charge in [0.2, 0.25) is 11.8 Å². The molecular weight excluding hydrogens is 433 g/mol. The highest BCUT2D eigenvalue weighted by atomic mass is 19.1. The maximum absolute atomic E-state index is 14.4. The lowest BCUT2D eigenvalue weighted by Crippen LogP contribution is -2.47. The third-order valence-corrected chi connectivity index (χ3v) is 7.17. The molecule has 176 valence electrons. The first kappa shape index (κ1) is 22.3. The van der Waals surface area contributed by atoms with E-state index in [0.717, 1.165) is 29.3 Å². The lowest BCUT2D eigenvalue weighted by atomic mass is 10.0. The first-order chi connectivity index (χ1) is 16.3. The Bertz CT molecular complexity index is 1300. The Morgan fingerprint density at radius 3 is 2.71 bits per heavy atom. The van der Waals surface area contributed by atoms with Gasteiger partial charge in [-0.3, -0.25) is 14.4 Å². The molecule has 3 atom stereocenters. The molecule has 1 aliphatic heterocycles. The van der Waals surface area contributed by atoms with Gasteiger partial charge in [-0.15, -0.1) is 0 Å². The van der Waals surface area contributed by atoms with E-state index < -0.39 is 12.2 Å². The number of hydrogen-bond donors (Lipinski definition) is 1. The average molecular weight is 462 g/mol. The Labute approximate surface area is 197 Å². The molecule has 2 amide bonds. The summed E-state index contributed by atoms with van der Waals surface area (Å²) in [5, 5.41) is 3.85. The van der Waals surface area contributed by atoms with Gasteiger partial charge in [0.15, 0.2) is 5.78 Å². The zero-order valence-corrected chi connectivity index (χ0v) is 19.4. The number of nitrogens with zero attached hydrogens (tertiary/aromatic N) is 2. The first-order valence-corrected chi connectivity index (χ1v) is 11.7. The van der Waals surface area contributed by atoms with Gasteiger partial charge in [-0.05, 0) is 49.4 Å². The molecule has 7 heteroatoms. The zero-order chi connectivity index (χ0) is 24.0. The van der Waals surface area contributed by atoms with Crippen molar-refractivity contribution < 1.29 is 18.8 Å². The van der Waals surface area contributed by atoms with Crippen molar-refractivity contribution in [3.05, 3.63) is 70.9 Å². The minimum Gasteiger partial charge on any atom is -0.347 e. The average Bonchev–Trinajstić information content (AvgIpc) is 3.50. The molecule has 5 rings (SSSR count). The Kier molecular flexibility index (Phi) is 5.71. The highest BCUT2D eigenvalue weighted by Crippen LogP contribution is 2.34. The van der Waals surface area contributed by atoms with Gasteiger partial charge in [0.25, 0.3) is 0 Å². The van der Waals surface area contributed by atoms with E-state index in [2.05, 4.69) is 18.3 Å². The number of alkyl halides is 1. The molecule has 0 saturated carbocycles. The van der Waals surface area contributed by atoms with Crippen molar-refractivity contribution >= 4 is 28.5 Å². The summed E-state index contributed by atoms with van der Waals surface area (Å²) in [5.41, 5.74) is 4.88. The highest BCUT2D eigenvalue weighted by molar-refractivity contribution is 6.07. The summed E-state index contributed by atoms with van der Waals surface area (Å²) in [7, 11) is 0. The molecule has 1 fully saturated rings. The number of benzene rings is 2. The van der Waals surface area contributed by atoms with Crippen molar-refractivity contribution in [2.24, 2.45) is 0 Å². The van der Waals surface area contributed by atoms with E-state index in [9.17, 15) is 18.8 Å². The number of fused-ring (bicyclic) bond motifs is 2. The highest BCUT2D eigenvalue weighted by Gasteiger charge is 2.41. The van der Waals surface area contributed by atoms with E-state index in [4.69, 9.17) is 0 Å². The number of para-hydroxylation sites is 1. The van der Waals surface area contributed by atoms with Crippen molar-refractivity contribution in [1.29, 1.82) is 0 Å². The van der Waals surface area contributed by atoms with Gasteiger partial charge in [-0.2, -0.15) is 0 Å². The van der Waals surface area contributed by atoms with Crippen LogP contribution in [0.1, 0.15) is 52.9 Å². The second kappa shape index (κ2) is 8.70. The van der Waals surface area contributed by atoms with Crippen LogP contribution in [0.25, 0.3) is 10.9 Å². The zero-order valence-electron chi connectivity index (χ0n) is 19.4. The van der Waals surface area contributed by atoms with Gasteiger partial charge >= 0.3 is 0 Å². The summed E-state index contributed by atoms with van der Waals surface area (Å²) in [6, 6.07) is 12.5. The molecule has 2 aliphatic rings. The number of likely N-dealkylation sites (tertiary alicyclic amines) is 1. The van der Waals surface area contributed by atoms with Gasteiger partial charge in [0.05, 0.1) is 12.6 Å². The molecule has 34 heavy (non-hydrogen) atoms. The van der Waals surface area contributed by atoms with Crippen LogP contribution in [-0.4, -0.2) is 45.8 Å². The molecule has 6 nitrogen and oxygen atoms in total. The number of carbonyl (C=O) groups is 3. The Hall–Kier alpha value is -3.48. The standard InChI is InChI=1S/C27H28FN3O3/c1-16-6-5-8-20-19(16)10-11-23(20)29-27(34)25-12-18(28)13-31(25)26(33)15-30-14-22(17(2)32)21-7-3-4-9-24(21)30/h3-9,14,18,23,25H,10-13,15H2,1-2H3,(H,29,34)/t18-,23?,25+/m1/s1. The lowest BCUT2D eigenvalue weighted by Gasteiger charge is -2.26. The molecule has 3 aromatic rings. The SMILES string of the molecule is CC(=O)c1cn(CC(=O)N2C[C@H](F)C[C@H]2C(=O)NC2CCc3c(C)cccc32)c2ccccc12.